The summed E-state index contributed by atoms with van der Waals surface area (Å²) in [5.41, 5.74) is 6.00. The minimum absolute atomic E-state index is 0.294. The number of amides is 1. The highest BCUT2D eigenvalue weighted by molar-refractivity contribution is 14.1. The van der Waals surface area contributed by atoms with Gasteiger partial charge in [-0.15, -0.1) is 0 Å². The number of hydrogen-bond acceptors (Lipinski definition) is 4. The number of rotatable bonds is 6. The minimum Gasteiger partial charge on any atom is -0.497 e. The third-order valence-electron chi connectivity index (χ3n) is 4.18. The SMILES string of the molecule is COc1ccc(-n2cc(/C=N/NC(=O)c3ccc(I)c(OC)c3)cc2C)cc1. The molecule has 144 valence electrons. The van der Waals surface area contributed by atoms with Crippen LogP contribution in [-0.2, 0) is 0 Å². The maximum atomic E-state index is 12.3. The lowest BCUT2D eigenvalue weighted by molar-refractivity contribution is 0.0954. The zero-order chi connectivity index (χ0) is 20.1. The number of nitrogens with one attached hydrogen (secondary N) is 1. The molecule has 0 saturated heterocycles. The lowest BCUT2D eigenvalue weighted by atomic mass is 10.2. The highest BCUT2D eigenvalue weighted by Crippen LogP contribution is 2.22. The average Bonchev–Trinajstić information content (AvgIpc) is 3.08. The van der Waals surface area contributed by atoms with Gasteiger partial charge in [0, 0.05) is 28.7 Å². The fourth-order valence-corrected chi connectivity index (χ4v) is 3.28. The number of hydrogen-bond donors (Lipinski definition) is 1. The molecule has 3 rings (SSSR count). The second-order valence-electron chi connectivity index (χ2n) is 6.03. The fraction of sp³-hybridized carbons (Fsp3) is 0.143. The van der Waals surface area contributed by atoms with Gasteiger partial charge in [0.2, 0.25) is 0 Å². The van der Waals surface area contributed by atoms with Crippen LogP contribution in [0.25, 0.3) is 5.69 Å². The van der Waals surface area contributed by atoms with Crippen LogP contribution in [0.5, 0.6) is 11.5 Å². The second kappa shape index (κ2) is 8.92. The Kier molecular flexibility index (Phi) is 6.35. The number of ether oxygens (including phenoxy) is 2. The Morgan fingerprint density at radius 2 is 1.86 bits per heavy atom. The maximum Gasteiger partial charge on any atom is 0.271 e. The number of methoxy groups -OCH3 is 2. The van der Waals surface area contributed by atoms with Gasteiger partial charge in [-0.2, -0.15) is 5.10 Å². The summed E-state index contributed by atoms with van der Waals surface area (Å²) < 4.78 is 13.4. The van der Waals surface area contributed by atoms with E-state index in [2.05, 4.69) is 33.1 Å². The van der Waals surface area contributed by atoms with Gasteiger partial charge in [0.05, 0.1) is 24.0 Å². The van der Waals surface area contributed by atoms with Gasteiger partial charge in [0.25, 0.3) is 5.91 Å². The third kappa shape index (κ3) is 4.53. The number of benzene rings is 2. The fourth-order valence-electron chi connectivity index (χ4n) is 2.72. The molecule has 3 aromatic rings. The first-order chi connectivity index (χ1) is 13.5. The summed E-state index contributed by atoms with van der Waals surface area (Å²) in [7, 11) is 3.22. The van der Waals surface area contributed by atoms with Crippen LogP contribution in [0.2, 0.25) is 0 Å². The third-order valence-corrected chi connectivity index (χ3v) is 5.07. The normalized spacial score (nSPS) is 10.9. The molecule has 6 nitrogen and oxygen atoms in total. The van der Waals surface area contributed by atoms with Crippen molar-refractivity contribution < 1.29 is 14.3 Å². The molecule has 0 aliphatic carbocycles. The largest absolute Gasteiger partial charge is 0.497 e. The summed E-state index contributed by atoms with van der Waals surface area (Å²) in [4.78, 5) is 12.3. The van der Waals surface area contributed by atoms with Gasteiger partial charge in [-0.1, -0.05) is 0 Å². The molecule has 0 spiro atoms. The summed E-state index contributed by atoms with van der Waals surface area (Å²) in [5, 5.41) is 4.07. The van der Waals surface area contributed by atoms with Crippen LogP contribution in [-0.4, -0.2) is 30.9 Å². The van der Waals surface area contributed by atoms with Crippen molar-refractivity contribution in [2.24, 2.45) is 5.10 Å². The predicted octanol–water partition coefficient (Wildman–Crippen LogP) is 4.17. The zero-order valence-electron chi connectivity index (χ0n) is 15.8. The van der Waals surface area contributed by atoms with E-state index in [0.717, 1.165) is 26.3 Å². The van der Waals surface area contributed by atoms with Crippen LogP contribution in [0, 0.1) is 10.5 Å². The topological polar surface area (TPSA) is 64.8 Å². The first-order valence-corrected chi connectivity index (χ1v) is 9.60. The molecule has 28 heavy (non-hydrogen) atoms. The number of halogens is 1. The second-order valence-corrected chi connectivity index (χ2v) is 7.19. The van der Waals surface area contributed by atoms with E-state index < -0.39 is 0 Å². The van der Waals surface area contributed by atoms with Crippen molar-refractivity contribution in [3.05, 3.63) is 75.1 Å². The summed E-state index contributed by atoms with van der Waals surface area (Å²) in [6.45, 7) is 2.01. The van der Waals surface area contributed by atoms with Gasteiger partial charge in [0.15, 0.2) is 0 Å². The monoisotopic (exact) mass is 489 g/mol. The van der Waals surface area contributed by atoms with E-state index in [0.29, 0.717) is 11.3 Å². The zero-order valence-corrected chi connectivity index (χ0v) is 17.9. The molecule has 1 N–H and O–H groups in total. The van der Waals surface area contributed by atoms with E-state index in [1.807, 2.05) is 54.1 Å². The standard InChI is InChI=1S/C21H20IN3O3/c1-14-10-15(13-25(14)17-5-7-18(27-2)8-6-17)12-23-24-21(26)16-4-9-19(22)20(11-16)28-3/h4-13H,1-3H3,(H,24,26)/b23-12+. The van der Waals surface area contributed by atoms with Crippen LogP contribution >= 0.6 is 22.6 Å². The summed E-state index contributed by atoms with van der Waals surface area (Å²) in [6.07, 6.45) is 3.58. The van der Waals surface area contributed by atoms with Crippen molar-refractivity contribution >= 4 is 34.7 Å². The highest BCUT2D eigenvalue weighted by atomic mass is 127. The molecule has 0 radical (unpaired) electrons. The quantitative estimate of drug-likeness (QED) is 0.321. The number of aromatic nitrogens is 1. The number of carbonyl (C=O) groups excluding carboxylic acids is 1. The summed E-state index contributed by atoms with van der Waals surface area (Å²) in [6, 6.07) is 15.0. The van der Waals surface area contributed by atoms with Crippen LogP contribution in [0.3, 0.4) is 0 Å². The predicted molar refractivity (Wildman–Crippen MR) is 118 cm³/mol. The lowest BCUT2D eigenvalue weighted by Crippen LogP contribution is -2.17. The Morgan fingerprint density at radius 3 is 2.54 bits per heavy atom. The molecule has 2 aromatic carbocycles. The minimum atomic E-state index is -0.294. The smallest absolute Gasteiger partial charge is 0.271 e. The molecular weight excluding hydrogens is 469 g/mol. The van der Waals surface area contributed by atoms with Crippen molar-refractivity contribution in [3.63, 3.8) is 0 Å². The molecule has 1 amide bonds. The molecule has 0 fully saturated rings. The van der Waals surface area contributed by atoms with E-state index in [-0.39, 0.29) is 5.91 Å². The lowest BCUT2D eigenvalue weighted by Gasteiger charge is -2.06. The molecule has 1 heterocycles. The number of hydrazone groups is 1. The first-order valence-electron chi connectivity index (χ1n) is 8.52. The maximum absolute atomic E-state index is 12.3. The molecule has 0 saturated carbocycles. The Bertz CT molecular complexity index is 1010. The molecule has 0 unspecified atom stereocenters. The molecule has 0 aliphatic rings. The van der Waals surface area contributed by atoms with Gasteiger partial charge in [-0.25, -0.2) is 5.43 Å². The van der Waals surface area contributed by atoms with Gasteiger partial charge in [-0.05, 0) is 78.0 Å². The van der Waals surface area contributed by atoms with E-state index in [4.69, 9.17) is 9.47 Å². The Hall–Kier alpha value is -2.81. The van der Waals surface area contributed by atoms with E-state index in [9.17, 15) is 4.79 Å². The summed E-state index contributed by atoms with van der Waals surface area (Å²) in [5.74, 6) is 1.17. The molecule has 0 atom stereocenters. The molecule has 0 bridgehead atoms. The molecule has 1 aromatic heterocycles. The molecular formula is C21H20IN3O3. The van der Waals surface area contributed by atoms with E-state index in [1.54, 1.807) is 32.6 Å². The van der Waals surface area contributed by atoms with Gasteiger partial charge < -0.3 is 14.0 Å². The van der Waals surface area contributed by atoms with Crippen LogP contribution in [0.4, 0.5) is 0 Å². The molecule has 0 aliphatic heterocycles. The summed E-state index contributed by atoms with van der Waals surface area (Å²) >= 11 is 2.16. The van der Waals surface area contributed by atoms with Crippen LogP contribution < -0.4 is 14.9 Å². The van der Waals surface area contributed by atoms with Crippen molar-refractivity contribution in [3.8, 4) is 17.2 Å². The Labute approximate surface area is 177 Å². The number of aryl methyl sites for hydroxylation is 1. The van der Waals surface area contributed by atoms with Crippen LogP contribution in [0.15, 0.2) is 59.8 Å². The Balaban J connectivity index is 1.70. The van der Waals surface area contributed by atoms with E-state index >= 15 is 0 Å². The van der Waals surface area contributed by atoms with Crippen LogP contribution in [0.1, 0.15) is 21.6 Å². The van der Waals surface area contributed by atoms with Gasteiger partial charge >= 0.3 is 0 Å². The van der Waals surface area contributed by atoms with Gasteiger partial charge in [0.1, 0.15) is 11.5 Å². The van der Waals surface area contributed by atoms with Crippen molar-refractivity contribution in [1.29, 1.82) is 0 Å². The number of nitrogens with zero attached hydrogens (tertiary/aromatic N) is 2. The number of carbonyl (C=O) groups is 1. The average molecular weight is 489 g/mol. The molecule has 7 heteroatoms. The highest BCUT2D eigenvalue weighted by Gasteiger charge is 2.08. The van der Waals surface area contributed by atoms with Crippen molar-refractivity contribution in [1.82, 2.24) is 9.99 Å². The Morgan fingerprint density at radius 1 is 1.11 bits per heavy atom. The van der Waals surface area contributed by atoms with Gasteiger partial charge in [-0.3, -0.25) is 4.79 Å². The first kappa shape index (κ1) is 19.9. The van der Waals surface area contributed by atoms with E-state index in [1.165, 1.54) is 0 Å². The van der Waals surface area contributed by atoms with Crippen molar-refractivity contribution in [2.45, 2.75) is 6.92 Å². The van der Waals surface area contributed by atoms with Crippen molar-refractivity contribution in [2.75, 3.05) is 14.2 Å².